The maximum Gasteiger partial charge on any atom is 0.118 e. The van der Waals surface area contributed by atoms with Gasteiger partial charge in [0.1, 0.15) is 5.75 Å². The average molecular weight is 212 g/mol. The average Bonchev–Trinajstić information content (AvgIpc) is 2.18. The minimum Gasteiger partial charge on any atom is -0.497 e. The van der Waals surface area contributed by atoms with Crippen LogP contribution in [0.4, 0.5) is 0 Å². The lowest BCUT2D eigenvalue weighted by atomic mass is 10.2. The standard InChI is InChI=1S/C11H14ClNO/c1-9(12)7-13-8-10-3-5-11(14-2)6-4-10/h3-6,13H,1,7-8H2,2H3. The lowest BCUT2D eigenvalue weighted by molar-refractivity contribution is 0.414. The van der Waals surface area contributed by atoms with Crippen LogP contribution in [-0.4, -0.2) is 13.7 Å². The van der Waals surface area contributed by atoms with Crippen LogP contribution in [0.1, 0.15) is 5.56 Å². The molecule has 3 heteroatoms. The van der Waals surface area contributed by atoms with Crippen LogP contribution in [0.15, 0.2) is 35.9 Å². The first-order valence-electron chi connectivity index (χ1n) is 4.39. The van der Waals surface area contributed by atoms with E-state index in [-0.39, 0.29) is 0 Å². The van der Waals surface area contributed by atoms with Gasteiger partial charge in [0.2, 0.25) is 0 Å². The van der Waals surface area contributed by atoms with Crippen LogP contribution in [0.5, 0.6) is 5.75 Å². The molecule has 0 saturated carbocycles. The molecule has 0 bridgehead atoms. The first kappa shape index (κ1) is 11.1. The molecule has 0 amide bonds. The molecule has 0 radical (unpaired) electrons. The molecular formula is C11H14ClNO. The summed E-state index contributed by atoms with van der Waals surface area (Å²) in [5, 5.41) is 3.79. The third-order valence-electron chi connectivity index (χ3n) is 1.80. The molecule has 0 heterocycles. The van der Waals surface area contributed by atoms with E-state index in [1.807, 2.05) is 24.3 Å². The predicted molar refractivity (Wildman–Crippen MR) is 59.7 cm³/mol. The van der Waals surface area contributed by atoms with E-state index >= 15 is 0 Å². The highest BCUT2D eigenvalue weighted by Crippen LogP contribution is 2.10. The molecule has 0 fully saturated rings. The Bertz CT molecular complexity index is 295. The van der Waals surface area contributed by atoms with Crippen molar-refractivity contribution in [3.05, 3.63) is 41.4 Å². The first-order chi connectivity index (χ1) is 6.72. The van der Waals surface area contributed by atoms with Gasteiger partial charge >= 0.3 is 0 Å². The maximum absolute atomic E-state index is 5.61. The third-order valence-corrected chi connectivity index (χ3v) is 1.94. The summed E-state index contributed by atoms with van der Waals surface area (Å²) in [4.78, 5) is 0. The van der Waals surface area contributed by atoms with Crippen LogP contribution in [0.3, 0.4) is 0 Å². The van der Waals surface area contributed by atoms with E-state index in [2.05, 4.69) is 11.9 Å². The molecule has 1 N–H and O–H groups in total. The second-order valence-electron chi connectivity index (χ2n) is 2.97. The first-order valence-corrected chi connectivity index (χ1v) is 4.77. The fourth-order valence-corrected chi connectivity index (χ4v) is 1.18. The molecule has 1 rings (SSSR count). The summed E-state index contributed by atoms with van der Waals surface area (Å²) in [6, 6.07) is 7.91. The van der Waals surface area contributed by atoms with Crippen molar-refractivity contribution in [2.45, 2.75) is 6.54 Å². The fraction of sp³-hybridized carbons (Fsp3) is 0.273. The predicted octanol–water partition coefficient (Wildman–Crippen LogP) is 2.54. The molecule has 0 aliphatic heterocycles. The lowest BCUT2D eigenvalue weighted by Crippen LogP contribution is -2.14. The number of benzene rings is 1. The van der Waals surface area contributed by atoms with Gasteiger partial charge < -0.3 is 10.1 Å². The Morgan fingerprint density at radius 3 is 2.57 bits per heavy atom. The van der Waals surface area contributed by atoms with Crippen molar-refractivity contribution in [1.29, 1.82) is 0 Å². The molecule has 0 aliphatic rings. The van der Waals surface area contributed by atoms with Crippen LogP contribution in [0, 0.1) is 0 Å². The lowest BCUT2D eigenvalue weighted by Gasteiger charge is -2.04. The summed E-state index contributed by atoms with van der Waals surface area (Å²) in [5.41, 5.74) is 1.20. The van der Waals surface area contributed by atoms with Crippen molar-refractivity contribution in [2.75, 3.05) is 13.7 Å². The van der Waals surface area contributed by atoms with Gasteiger partial charge in [-0.05, 0) is 17.7 Å². The number of hydrogen-bond acceptors (Lipinski definition) is 2. The van der Waals surface area contributed by atoms with Crippen molar-refractivity contribution < 1.29 is 4.74 Å². The second-order valence-corrected chi connectivity index (χ2v) is 3.50. The van der Waals surface area contributed by atoms with Crippen molar-refractivity contribution in [3.63, 3.8) is 0 Å². The van der Waals surface area contributed by atoms with E-state index in [1.54, 1.807) is 7.11 Å². The Balaban J connectivity index is 2.40. The summed E-state index contributed by atoms with van der Waals surface area (Å²) in [6.07, 6.45) is 0. The molecule has 0 aromatic heterocycles. The topological polar surface area (TPSA) is 21.3 Å². The summed E-state index contributed by atoms with van der Waals surface area (Å²) >= 11 is 5.61. The zero-order chi connectivity index (χ0) is 10.4. The third kappa shape index (κ3) is 3.81. The second kappa shape index (κ2) is 5.68. The number of ether oxygens (including phenoxy) is 1. The van der Waals surface area contributed by atoms with Crippen molar-refractivity contribution in [1.82, 2.24) is 5.32 Å². The number of nitrogens with one attached hydrogen (secondary N) is 1. The molecule has 2 nitrogen and oxygen atoms in total. The van der Waals surface area contributed by atoms with Gasteiger partial charge in [0.25, 0.3) is 0 Å². The molecule has 0 unspecified atom stereocenters. The summed E-state index contributed by atoms with van der Waals surface area (Å²) in [6.45, 7) is 5.02. The highest BCUT2D eigenvalue weighted by Gasteiger charge is 1.94. The number of hydrogen-bond donors (Lipinski definition) is 1. The smallest absolute Gasteiger partial charge is 0.118 e. The normalized spacial score (nSPS) is 9.86. The monoisotopic (exact) mass is 211 g/mol. The van der Waals surface area contributed by atoms with Gasteiger partial charge in [-0.25, -0.2) is 0 Å². The quantitative estimate of drug-likeness (QED) is 0.808. The highest BCUT2D eigenvalue weighted by molar-refractivity contribution is 6.29. The van der Waals surface area contributed by atoms with E-state index in [9.17, 15) is 0 Å². The van der Waals surface area contributed by atoms with E-state index in [1.165, 1.54) is 5.56 Å². The summed E-state index contributed by atoms with van der Waals surface area (Å²) < 4.78 is 5.06. The number of rotatable bonds is 5. The molecule has 76 valence electrons. The number of halogens is 1. The highest BCUT2D eigenvalue weighted by atomic mass is 35.5. The Morgan fingerprint density at radius 2 is 2.07 bits per heavy atom. The maximum atomic E-state index is 5.61. The van der Waals surface area contributed by atoms with Crippen LogP contribution in [0.2, 0.25) is 0 Å². The Morgan fingerprint density at radius 1 is 1.43 bits per heavy atom. The Labute approximate surface area is 89.5 Å². The van der Waals surface area contributed by atoms with E-state index in [0.717, 1.165) is 12.3 Å². The molecule has 0 spiro atoms. The minimum absolute atomic E-state index is 0.624. The van der Waals surface area contributed by atoms with Gasteiger partial charge in [-0.2, -0.15) is 0 Å². The minimum atomic E-state index is 0.624. The molecule has 14 heavy (non-hydrogen) atoms. The SMILES string of the molecule is C=C(Cl)CNCc1ccc(OC)cc1. The van der Waals surface area contributed by atoms with Crippen LogP contribution < -0.4 is 10.1 Å². The summed E-state index contributed by atoms with van der Waals surface area (Å²) in [5.74, 6) is 0.871. The largest absolute Gasteiger partial charge is 0.497 e. The zero-order valence-electron chi connectivity index (χ0n) is 8.22. The van der Waals surface area contributed by atoms with Crippen molar-refractivity contribution in [3.8, 4) is 5.75 Å². The van der Waals surface area contributed by atoms with Crippen molar-refractivity contribution >= 4 is 11.6 Å². The molecule has 1 aromatic rings. The zero-order valence-corrected chi connectivity index (χ0v) is 8.97. The van der Waals surface area contributed by atoms with Gasteiger partial charge in [0, 0.05) is 18.1 Å². The van der Waals surface area contributed by atoms with Crippen LogP contribution >= 0.6 is 11.6 Å². The van der Waals surface area contributed by atoms with Gasteiger partial charge in [-0.3, -0.25) is 0 Å². The molecule has 0 atom stereocenters. The van der Waals surface area contributed by atoms with Crippen LogP contribution in [0.25, 0.3) is 0 Å². The van der Waals surface area contributed by atoms with Crippen molar-refractivity contribution in [2.24, 2.45) is 0 Å². The summed E-state index contributed by atoms with van der Waals surface area (Å²) in [7, 11) is 1.66. The fourth-order valence-electron chi connectivity index (χ4n) is 1.09. The van der Waals surface area contributed by atoms with Gasteiger partial charge in [0.15, 0.2) is 0 Å². The molecule has 0 aliphatic carbocycles. The molecule has 0 saturated heterocycles. The Hall–Kier alpha value is -0.990. The van der Waals surface area contributed by atoms with Gasteiger partial charge in [-0.1, -0.05) is 30.3 Å². The van der Waals surface area contributed by atoms with E-state index in [0.29, 0.717) is 11.6 Å². The molecular weight excluding hydrogens is 198 g/mol. The van der Waals surface area contributed by atoms with E-state index < -0.39 is 0 Å². The Kier molecular flexibility index (Phi) is 4.50. The molecule has 1 aromatic carbocycles. The van der Waals surface area contributed by atoms with E-state index in [4.69, 9.17) is 16.3 Å². The number of methoxy groups -OCH3 is 1. The van der Waals surface area contributed by atoms with Gasteiger partial charge in [-0.15, -0.1) is 0 Å². The van der Waals surface area contributed by atoms with Crippen LogP contribution in [-0.2, 0) is 6.54 Å². The van der Waals surface area contributed by atoms with Gasteiger partial charge in [0.05, 0.1) is 7.11 Å².